The highest BCUT2D eigenvalue weighted by Gasteiger charge is 2.31. The van der Waals surface area contributed by atoms with Gasteiger partial charge in [-0.3, -0.25) is 4.79 Å². The summed E-state index contributed by atoms with van der Waals surface area (Å²) in [5.74, 6) is -0.123. The van der Waals surface area contributed by atoms with Crippen LogP contribution < -0.4 is 10.0 Å². The molecule has 3 rings (SSSR count). The summed E-state index contributed by atoms with van der Waals surface area (Å²) in [5.41, 5.74) is 0. The van der Waals surface area contributed by atoms with Crippen LogP contribution in [0.2, 0.25) is 0 Å². The number of hydrogen-bond donors (Lipinski definition) is 3. The van der Waals surface area contributed by atoms with Crippen LogP contribution in [0, 0.1) is 0 Å². The predicted molar refractivity (Wildman–Crippen MR) is 113 cm³/mol. The van der Waals surface area contributed by atoms with Gasteiger partial charge in [0.05, 0.1) is 30.1 Å². The van der Waals surface area contributed by atoms with Gasteiger partial charge in [-0.1, -0.05) is 36.8 Å². The minimum Gasteiger partial charge on any atom is -0.394 e. The minimum atomic E-state index is -3.74. The van der Waals surface area contributed by atoms with Gasteiger partial charge in [-0.15, -0.1) is 0 Å². The fourth-order valence-corrected chi connectivity index (χ4v) is 4.99. The van der Waals surface area contributed by atoms with Crippen molar-refractivity contribution in [3.63, 3.8) is 0 Å². The van der Waals surface area contributed by atoms with Crippen LogP contribution in [0.15, 0.2) is 47.4 Å². The highest BCUT2D eigenvalue weighted by molar-refractivity contribution is 7.89. The molecule has 30 heavy (non-hydrogen) atoms. The molecule has 9 heteroatoms. The lowest BCUT2D eigenvalue weighted by atomic mass is 10.1. The van der Waals surface area contributed by atoms with Gasteiger partial charge in [-0.05, 0) is 38.1 Å². The van der Waals surface area contributed by atoms with Crippen molar-refractivity contribution < 1.29 is 23.1 Å². The first kappa shape index (κ1) is 22.9. The Morgan fingerprint density at radius 3 is 2.57 bits per heavy atom. The zero-order chi connectivity index (χ0) is 21.4. The number of aliphatic hydroxyl groups is 1. The molecule has 2 aliphatic rings. The van der Waals surface area contributed by atoms with Crippen LogP contribution in [0.4, 0.5) is 0 Å². The second-order valence-corrected chi connectivity index (χ2v) is 9.41. The predicted octanol–water partition coefficient (Wildman–Crippen LogP) is 0.642. The normalized spacial score (nSPS) is 25.2. The monoisotopic (exact) mass is 437 g/mol. The highest BCUT2D eigenvalue weighted by atomic mass is 32.2. The summed E-state index contributed by atoms with van der Waals surface area (Å²) >= 11 is 0. The molecule has 0 unspecified atom stereocenters. The first-order valence-electron chi connectivity index (χ1n) is 10.5. The molecule has 0 spiro atoms. The smallest absolute Gasteiger partial charge is 0.241 e. The first-order chi connectivity index (χ1) is 14.5. The number of carbonyl (C=O) groups is 1. The summed E-state index contributed by atoms with van der Waals surface area (Å²) in [5, 5.41) is 12.6. The van der Waals surface area contributed by atoms with Gasteiger partial charge in [0.2, 0.25) is 15.9 Å². The lowest BCUT2D eigenvalue weighted by Gasteiger charge is -2.31. The van der Waals surface area contributed by atoms with Crippen LogP contribution in [0.3, 0.4) is 0 Å². The van der Waals surface area contributed by atoms with Gasteiger partial charge < -0.3 is 20.1 Å². The maximum absolute atomic E-state index is 12.5. The van der Waals surface area contributed by atoms with Crippen molar-refractivity contribution in [1.29, 1.82) is 0 Å². The average molecular weight is 438 g/mol. The molecule has 166 valence electrons. The minimum absolute atomic E-state index is 0.123. The summed E-state index contributed by atoms with van der Waals surface area (Å²) in [6.45, 7) is 3.25. The number of amides is 1. The van der Waals surface area contributed by atoms with Crippen molar-refractivity contribution in [2.45, 2.75) is 48.8 Å². The Morgan fingerprint density at radius 1 is 1.13 bits per heavy atom. The molecule has 8 nitrogen and oxygen atoms in total. The van der Waals surface area contributed by atoms with Crippen LogP contribution in [0.25, 0.3) is 0 Å². The molecule has 1 saturated heterocycles. The molecule has 0 bridgehead atoms. The Balaban J connectivity index is 1.48. The fourth-order valence-electron chi connectivity index (χ4n) is 3.75. The maximum atomic E-state index is 12.5. The molecule has 3 atom stereocenters. The van der Waals surface area contributed by atoms with E-state index in [1.807, 2.05) is 0 Å². The first-order valence-corrected chi connectivity index (χ1v) is 12.0. The lowest BCUT2D eigenvalue weighted by Crippen LogP contribution is -2.49. The molecule has 0 aliphatic carbocycles. The van der Waals surface area contributed by atoms with Gasteiger partial charge in [0, 0.05) is 13.1 Å². The molecule has 3 N–H and O–H groups in total. The molecule has 0 aromatic heterocycles. The molecule has 2 heterocycles. The second-order valence-electron chi connectivity index (χ2n) is 7.70. The Morgan fingerprint density at radius 2 is 1.87 bits per heavy atom. The van der Waals surface area contributed by atoms with E-state index in [1.54, 1.807) is 30.4 Å². The Kier molecular flexibility index (Phi) is 8.41. The van der Waals surface area contributed by atoms with Gasteiger partial charge in [0.15, 0.2) is 0 Å². The van der Waals surface area contributed by atoms with Crippen molar-refractivity contribution in [3.05, 3.63) is 42.5 Å². The number of hydrogen-bond acceptors (Lipinski definition) is 6. The zero-order valence-electron chi connectivity index (χ0n) is 17.1. The van der Waals surface area contributed by atoms with E-state index in [1.165, 1.54) is 31.4 Å². The van der Waals surface area contributed by atoms with E-state index < -0.39 is 28.3 Å². The third-order valence-corrected chi connectivity index (χ3v) is 6.87. The van der Waals surface area contributed by atoms with E-state index >= 15 is 0 Å². The van der Waals surface area contributed by atoms with E-state index in [9.17, 15) is 18.3 Å². The van der Waals surface area contributed by atoms with Gasteiger partial charge in [-0.2, -0.15) is 0 Å². The van der Waals surface area contributed by atoms with Crippen molar-refractivity contribution in [3.8, 4) is 0 Å². The largest absolute Gasteiger partial charge is 0.394 e. The summed E-state index contributed by atoms with van der Waals surface area (Å²) in [7, 11) is -3.74. The van der Waals surface area contributed by atoms with Crippen LogP contribution in [0.5, 0.6) is 0 Å². The number of rotatable bonds is 9. The number of carbonyl (C=O) groups excluding carboxylic acids is 1. The number of nitrogens with one attached hydrogen (secondary N) is 2. The third kappa shape index (κ3) is 6.61. The lowest BCUT2D eigenvalue weighted by molar-refractivity contribution is -0.125. The standard InChI is InChI=1S/C21H31N3O5S/c25-16-20-19(23-30(27,28)18-7-3-1-4-8-18)10-9-17(29-20)15-21(26)22-11-14-24-12-5-2-6-13-24/h1,3-4,7-10,17,19-20,23,25H,2,5-6,11-16H2,(H,22,26)/t17-,19-,20+/m0/s1. The molecule has 1 aromatic carbocycles. The third-order valence-electron chi connectivity index (χ3n) is 5.39. The number of benzene rings is 1. The number of aliphatic hydroxyl groups excluding tert-OH is 1. The molecule has 1 fully saturated rings. The van der Waals surface area contributed by atoms with Crippen LogP contribution in [0.1, 0.15) is 25.7 Å². The highest BCUT2D eigenvalue weighted by Crippen LogP contribution is 2.18. The fraction of sp³-hybridized carbons (Fsp3) is 0.571. The number of sulfonamides is 1. The van der Waals surface area contributed by atoms with Crippen LogP contribution >= 0.6 is 0 Å². The molecular formula is C21H31N3O5S. The quantitative estimate of drug-likeness (QED) is 0.490. The molecule has 0 radical (unpaired) electrons. The van der Waals surface area contributed by atoms with Crippen molar-refractivity contribution in [2.24, 2.45) is 0 Å². The summed E-state index contributed by atoms with van der Waals surface area (Å²) in [4.78, 5) is 14.7. The van der Waals surface area contributed by atoms with E-state index in [4.69, 9.17) is 4.74 Å². The van der Waals surface area contributed by atoms with Gasteiger partial charge in [0.1, 0.15) is 6.10 Å². The summed E-state index contributed by atoms with van der Waals surface area (Å²) < 4.78 is 33.4. The summed E-state index contributed by atoms with van der Waals surface area (Å²) in [6.07, 6.45) is 5.90. The van der Waals surface area contributed by atoms with E-state index in [2.05, 4.69) is 14.9 Å². The molecule has 1 amide bonds. The van der Waals surface area contributed by atoms with Crippen LogP contribution in [-0.2, 0) is 19.6 Å². The van der Waals surface area contributed by atoms with E-state index in [-0.39, 0.29) is 23.8 Å². The molecule has 0 saturated carbocycles. The van der Waals surface area contributed by atoms with Crippen molar-refractivity contribution >= 4 is 15.9 Å². The van der Waals surface area contributed by atoms with Gasteiger partial charge in [0.25, 0.3) is 0 Å². The van der Waals surface area contributed by atoms with Crippen molar-refractivity contribution in [1.82, 2.24) is 14.9 Å². The Bertz CT molecular complexity index is 809. The maximum Gasteiger partial charge on any atom is 0.241 e. The summed E-state index contributed by atoms with van der Waals surface area (Å²) in [6, 6.07) is 7.32. The number of piperidine rings is 1. The molecular weight excluding hydrogens is 406 g/mol. The molecule has 1 aromatic rings. The average Bonchev–Trinajstić information content (AvgIpc) is 2.76. The van der Waals surface area contributed by atoms with Gasteiger partial charge >= 0.3 is 0 Å². The van der Waals surface area contributed by atoms with Crippen molar-refractivity contribution in [2.75, 3.05) is 32.8 Å². The number of likely N-dealkylation sites (tertiary alicyclic amines) is 1. The van der Waals surface area contributed by atoms with Gasteiger partial charge in [-0.25, -0.2) is 13.1 Å². The second kappa shape index (κ2) is 11.0. The SMILES string of the molecule is O=C(C[C@@H]1C=C[C@H](NS(=O)(=O)c2ccccc2)[C@@H](CO)O1)NCCN1CCCCC1. The van der Waals surface area contributed by atoms with E-state index in [0.717, 1.165) is 19.6 Å². The number of nitrogens with zero attached hydrogens (tertiary/aromatic N) is 1. The number of ether oxygens (including phenoxy) is 1. The molecule has 2 aliphatic heterocycles. The Hall–Kier alpha value is -1.78. The Labute approximate surface area is 178 Å². The van der Waals surface area contributed by atoms with E-state index in [0.29, 0.717) is 6.54 Å². The van der Waals surface area contributed by atoms with Crippen LogP contribution in [-0.4, -0.2) is 75.4 Å². The topological polar surface area (TPSA) is 108 Å². The zero-order valence-corrected chi connectivity index (χ0v) is 17.9.